The highest BCUT2D eigenvalue weighted by Gasteiger charge is 2.37. The molecule has 326 valence electrons. The van der Waals surface area contributed by atoms with E-state index < -0.39 is 109 Å². The molecule has 2 aliphatic heterocycles. The fourth-order valence-corrected chi connectivity index (χ4v) is 6.73. The van der Waals surface area contributed by atoms with Gasteiger partial charge in [-0.25, -0.2) is 9.79 Å². The molecule has 0 radical (unpaired) electrons. The average Bonchev–Trinajstić information content (AvgIpc) is 3.19. The van der Waals surface area contributed by atoms with Crippen molar-refractivity contribution in [2.45, 2.75) is 67.3 Å². The molecule has 59 heavy (non-hydrogen) atoms. The van der Waals surface area contributed by atoms with E-state index in [1.807, 2.05) is 0 Å². The van der Waals surface area contributed by atoms with Gasteiger partial charge in [0.25, 0.3) is 5.91 Å². The predicted molar refractivity (Wildman–Crippen MR) is 219 cm³/mol. The Bertz CT molecular complexity index is 1760. The first-order valence-corrected chi connectivity index (χ1v) is 20.0. The number of halogens is 2. The molecule has 1 fully saturated rings. The molecule has 19 N–H and O–H groups in total. The Hall–Kier alpha value is -4.95. The van der Waals surface area contributed by atoms with Crippen LogP contribution in [0, 0.1) is 0 Å². The lowest BCUT2D eigenvalue weighted by Gasteiger charge is -2.34. The maximum absolute atomic E-state index is 14.1. The van der Waals surface area contributed by atoms with Gasteiger partial charge >= 0.3 is 6.03 Å². The van der Waals surface area contributed by atoms with E-state index in [4.69, 9.17) is 46.1 Å². The molecule has 0 aliphatic carbocycles. The number of nitrogens with zero attached hydrogens (tertiary/aromatic N) is 1. The molecule has 0 spiro atoms. The zero-order valence-corrected chi connectivity index (χ0v) is 33.9. The molecule has 1 aromatic rings. The molecule has 23 nitrogen and oxygen atoms in total. The number of carbonyl (C=O) groups is 7. The van der Waals surface area contributed by atoms with Crippen LogP contribution < -0.4 is 70.8 Å². The molecule has 1 aromatic carbocycles. The van der Waals surface area contributed by atoms with Gasteiger partial charge in [-0.2, -0.15) is 0 Å². The predicted octanol–water partition coefficient (Wildman–Crippen LogP) is -4.72. The minimum absolute atomic E-state index is 0.0817. The monoisotopic (exact) mass is 888 g/mol. The van der Waals surface area contributed by atoms with E-state index >= 15 is 0 Å². The molecule has 1 saturated heterocycles. The maximum atomic E-state index is 14.1. The van der Waals surface area contributed by atoms with Gasteiger partial charge < -0.3 is 81.0 Å². The van der Waals surface area contributed by atoms with Crippen molar-refractivity contribution in [3.63, 3.8) is 0 Å². The van der Waals surface area contributed by atoms with Crippen LogP contribution in [0.25, 0.3) is 0 Å². The summed E-state index contributed by atoms with van der Waals surface area (Å²) in [4.78, 5) is 98.5. The van der Waals surface area contributed by atoms with Crippen molar-refractivity contribution in [2.24, 2.45) is 27.9 Å². The lowest BCUT2D eigenvalue weighted by atomic mass is 10.0. The van der Waals surface area contributed by atoms with Crippen LogP contribution in [-0.2, 0) is 28.8 Å². The minimum atomic E-state index is -1.80. The second-order valence-corrected chi connectivity index (χ2v) is 15.2. The largest absolute Gasteiger partial charge is 0.394 e. The van der Waals surface area contributed by atoms with Crippen LogP contribution in [0.1, 0.15) is 25.7 Å². The quantitative estimate of drug-likeness (QED) is 0.0781. The van der Waals surface area contributed by atoms with Gasteiger partial charge in [0.1, 0.15) is 35.2 Å². The highest BCUT2D eigenvalue weighted by atomic mass is 35.5. The van der Waals surface area contributed by atoms with Crippen molar-refractivity contribution in [2.75, 3.05) is 43.9 Å². The average molecular weight is 890 g/mol. The molecule has 0 aromatic heterocycles. The number of aliphatic imine (C=N–C) groups is 1. The summed E-state index contributed by atoms with van der Waals surface area (Å²) in [6.45, 7) is -2.05. The number of amides is 8. The number of guanidine groups is 1. The number of nitrogens with two attached hydrogens (primary N) is 4. The van der Waals surface area contributed by atoms with Crippen molar-refractivity contribution < 1.29 is 43.8 Å². The summed E-state index contributed by atoms with van der Waals surface area (Å²) in [5.74, 6) is -5.80. The van der Waals surface area contributed by atoms with Gasteiger partial charge in [-0.05, 0) is 37.6 Å². The molecule has 0 saturated carbocycles. The second-order valence-electron chi connectivity index (χ2n) is 13.1. The van der Waals surface area contributed by atoms with Crippen molar-refractivity contribution in [3.8, 4) is 0 Å². The number of hydrogen-bond acceptors (Lipinski definition) is 16. The summed E-state index contributed by atoms with van der Waals surface area (Å²) in [7, 11) is 0. The third-order valence-corrected chi connectivity index (χ3v) is 10.4. The summed E-state index contributed by atoms with van der Waals surface area (Å²) in [6, 6.07) is -5.04. The third-order valence-electron chi connectivity index (χ3n) is 8.49. The first-order valence-electron chi connectivity index (χ1n) is 18.2. The molecule has 0 bridgehead atoms. The number of urea groups is 1. The van der Waals surface area contributed by atoms with Crippen molar-refractivity contribution in [1.29, 1.82) is 0 Å². The zero-order chi connectivity index (χ0) is 43.6. The number of thioether (sulfide) groups is 1. The van der Waals surface area contributed by atoms with Crippen LogP contribution in [0.15, 0.2) is 35.1 Å². The van der Waals surface area contributed by atoms with E-state index in [1.165, 1.54) is 30.0 Å². The van der Waals surface area contributed by atoms with Gasteiger partial charge in [0.05, 0.1) is 29.3 Å². The first kappa shape index (κ1) is 48.4. The second kappa shape index (κ2) is 24.2. The van der Waals surface area contributed by atoms with E-state index in [-0.39, 0.29) is 34.5 Å². The van der Waals surface area contributed by atoms with Crippen LogP contribution in [0.3, 0.4) is 0 Å². The summed E-state index contributed by atoms with van der Waals surface area (Å²) < 4.78 is 0. The van der Waals surface area contributed by atoms with Crippen LogP contribution in [0.2, 0.25) is 10.0 Å². The normalized spacial score (nSPS) is 24.6. The Kier molecular flexibility index (Phi) is 19.9. The summed E-state index contributed by atoms with van der Waals surface area (Å²) in [5.41, 5.74) is 22.8. The van der Waals surface area contributed by atoms with E-state index in [0.717, 1.165) is 6.20 Å². The summed E-state index contributed by atoms with van der Waals surface area (Å²) in [5, 5.41) is 41.6. The lowest BCUT2D eigenvalue weighted by molar-refractivity contribution is -0.135. The van der Waals surface area contributed by atoms with Gasteiger partial charge in [0.15, 0.2) is 5.96 Å². The SMILES string of the molecule is NCCC[C@H](N)CC(=O)NC1CNC(=O)[C@@H](C2CC(SCCN)N=C(N)N2)NC(=O)/C(=C/NC(=O)Nc2ccc(Cl)c(Cl)c2)NC(=O)[C@@H](CO)NC(=O)[C@@H](CO)NC1=O. The number of hydrogen-bond donors (Lipinski definition) is 15. The van der Waals surface area contributed by atoms with Crippen molar-refractivity contribution >= 4 is 88.1 Å². The third kappa shape index (κ3) is 15.6. The molecule has 8 amide bonds. The fourth-order valence-electron chi connectivity index (χ4n) is 5.49. The van der Waals surface area contributed by atoms with Crippen LogP contribution in [0.4, 0.5) is 10.5 Å². The van der Waals surface area contributed by atoms with E-state index in [9.17, 15) is 43.8 Å². The van der Waals surface area contributed by atoms with Gasteiger partial charge in [-0.1, -0.05) is 23.2 Å². The van der Waals surface area contributed by atoms with Crippen molar-refractivity contribution in [3.05, 3.63) is 40.1 Å². The number of aliphatic hydroxyl groups excluding tert-OH is 2. The molecular formula is C33H50Cl2N14O9S. The first-order chi connectivity index (χ1) is 28.1. The van der Waals surface area contributed by atoms with Gasteiger partial charge in [-0.15, -0.1) is 11.8 Å². The van der Waals surface area contributed by atoms with E-state index in [1.54, 1.807) is 0 Å². The molecule has 3 rings (SSSR count). The van der Waals surface area contributed by atoms with Gasteiger partial charge in [-0.3, -0.25) is 28.8 Å². The number of nitrogens with one attached hydrogen (secondary N) is 9. The maximum Gasteiger partial charge on any atom is 0.323 e. The van der Waals surface area contributed by atoms with Crippen LogP contribution in [0.5, 0.6) is 0 Å². The molecule has 2 aliphatic rings. The van der Waals surface area contributed by atoms with Crippen molar-refractivity contribution in [1.82, 2.24) is 42.5 Å². The number of anilines is 1. The molecule has 7 atom stereocenters. The van der Waals surface area contributed by atoms with Gasteiger partial charge in [0, 0.05) is 49.6 Å². The number of aliphatic hydroxyl groups is 2. The standard InChI is InChI=1S/C33H50Cl2N14O9S/c34-17-4-3-16(9-18(17)35)42-33(58)41-12-21-28(54)49-26(19-10-25(59-7-6-37)48-32(39)47-19)31(57)40-11-20(43-24(52)8-15(38)2-1-5-36)27(53)45-23(14-51)30(56)46-22(13-50)29(55)44-21/h3-4,9,12,15,19-20,22-23,25-26,50-51H,1-2,5-8,10-11,13-14,36-38H2,(H,40,57)(H,43,52)(H,44,55)(H,45,53)(H,46,56)(H,49,54)(H3,39,47,48)(H2,41,42,58)/b21-12-/t15-,19?,20?,22+,23+,25?,26+/m0/s1. The highest BCUT2D eigenvalue weighted by molar-refractivity contribution is 7.99. The molecule has 3 unspecified atom stereocenters. The fraction of sp³-hybridized carbons (Fsp3) is 0.515. The Morgan fingerprint density at radius 1 is 0.949 bits per heavy atom. The Morgan fingerprint density at radius 3 is 2.31 bits per heavy atom. The number of rotatable bonds is 14. The number of benzene rings is 1. The molecule has 2 heterocycles. The van der Waals surface area contributed by atoms with Crippen LogP contribution in [-0.4, -0.2) is 138 Å². The number of carbonyl (C=O) groups excluding carboxylic acids is 7. The highest BCUT2D eigenvalue weighted by Crippen LogP contribution is 2.25. The van der Waals surface area contributed by atoms with Crippen LogP contribution >= 0.6 is 35.0 Å². The Balaban J connectivity index is 2.05. The smallest absolute Gasteiger partial charge is 0.323 e. The minimum Gasteiger partial charge on any atom is -0.394 e. The zero-order valence-electron chi connectivity index (χ0n) is 31.6. The van der Waals surface area contributed by atoms with E-state index in [2.05, 4.69) is 52.8 Å². The molecular weight excluding hydrogens is 839 g/mol. The Morgan fingerprint density at radius 2 is 1.64 bits per heavy atom. The lowest BCUT2D eigenvalue weighted by Crippen LogP contribution is -2.64. The summed E-state index contributed by atoms with van der Waals surface area (Å²) >= 11 is 13.3. The summed E-state index contributed by atoms with van der Waals surface area (Å²) in [6.07, 6.45) is 1.55. The van der Waals surface area contributed by atoms with E-state index in [0.29, 0.717) is 31.7 Å². The Labute approximate surface area is 352 Å². The molecule has 26 heteroatoms. The van der Waals surface area contributed by atoms with Gasteiger partial charge in [0.2, 0.25) is 29.5 Å². The topological polar surface area (TPSA) is 385 Å².